The molecular weight excluding hydrogens is 228 g/mol. The average Bonchev–Trinajstić information content (AvgIpc) is 2.75. The van der Waals surface area contributed by atoms with Crippen LogP contribution < -0.4 is 0 Å². The number of ether oxygens (including phenoxy) is 1. The highest BCUT2D eigenvalue weighted by Gasteiger charge is 2.60. The van der Waals surface area contributed by atoms with Crippen LogP contribution in [0.15, 0.2) is 12.2 Å². The Labute approximate surface area is 108 Å². The van der Waals surface area contributed by atoms with E-state index in [2.05, 4.69) is 6.92 Å². The maximum absolute atomic E-state index is 12.3. The molecule has 18 heavy (non-hydrogen) atoms. The fourth-order valence-electron chi connectivity index (χ4n) is 4.21. The minimum Gasteiger partial charge on any atom is -0.461 e. The lowest BCUT2D eigenvalue weighted by atomic mass is 9.67. The van der Waals surface area contributed by atoms with Crippen LogP contribution in [0.25, 0.3) is 0 Å². The van der Waals surface area contributed by atoms with E-state index in [0.717, 1.165) is 12.8 Å². The Balaban J connectivity index is 2.06. The van der Waals surface area contributed by atoms with Crippen molar-refractivity contribution in [2.45, 2.75) is 39.7 Å². The van der Waals surface area contributed by atoms with Crippen molar-refractivity contribution in [3.05, 3.63) is 12.2 Å². The van der Waals surface area contributed by atoms with Crippen molar-refractivity contribution in [1.29, 1.82) is 0 Å². The number of esters is 1. The molecule has 2 aliphatic carbocycles. The van der Waals surface area contributed by atoms with Gasteiger partial charge in [0.15, 0.2) is 5.78 Å². The largest absolute Gasteiger partial charge is 0.461 e. The van der Waals surface area contributed by atoms with Gasteiger partial charge in [0, 0.05) is 5.92 Å². The Bertz CT molecular complexity index is 439. The highest BCUT2D eigenvalue weighted by atomic mass is 16.6. The zero-order valence-electron chi connectivity index (χ0n) is 11.2. The molecule has 2 unspecified atom stereocenters. The van der Waals surface area contributed by atoms with E-state index < -0.39 is 5.41 Å². The summed E-state index contributed by atoms with van der Waals surface area (Å²) < 4.78 is 5.59. The van der Waals surface area contributed by atoms with Gasteiger partial charge < -0.3 is 4.74 Å². The minimum absolute atomic E-state index is 0.0637. The first-order valence-corrected chi connectivity index (χ1v) is 6.89. The normalized spacial score (nSPS) is 50.7. The van der Waals surface area contributed by atoms with E-state index in [9.17, 15) is 9.59 Å². The molecule has 0 amide bonds. The highest BCUT2D eigenvalue weighted by Crippen LogP contribution is 2.54. The van der Waals surface area contributed by atoms with Gasteiger partial charge in [0.2, 0.25) is 0 Å². The molecule has 1 saturated carbocycles. The monoisotopic (exact) mass is 248 g/mol. The number of fused-ring (bicyclic) bond motifs is 3. The van der Waals surface area contributed by atoms with Crippen molar-refractivity contribution in [1.82, 2.24) is 0 Å². The van der Waals surface area contributed by atoms with Gasteiger partial charge in [-0.05, 0) is 37.7 Å². The van der Waals surface area contributed by atoms with E-state index in [0.29, 0.717) is 5.92 Å². The van der Waals surface area contributed by atoms with Gasteiger partial charge in [-0.15, -0.1) is 0 Å². The van der Waals surface area contributed by atoms with Gasteiger partial charge in [0.1, 0.15) is 6.10 Å². The lowest BCUT2D eigenvalue weighted by molar-refractivity contribution is -0.152. The Hall–Kier alpha value is -1.12. The summed E-state index contributed by atoms with van der Waals surface area (Å²) in [5.41, 5.74) is -0.527. The molecule has 3 nitrogen and oxygen atoms in total. The molecule has 3 aliphatic rings. The maximum atomic E-state index is 12.3. The number of hydrogen-bond donors (Lipinski definition) is 0. The Morgan fingerprint density at radius 3 is 2.72 bits per heavy atom. The molecule has 0 aromatic carbocycles. The second-order valence-corrected chi connectivity index (χ2v) is 6.40. The molecule has 0 aromatic heterocycles. The predicted octanol–water partition coefficient (Wildman–Crippen LogP) is 2.36. The Kier molecular flexibility index (Phi) is 2.45. The summed E-state index contributed by atoms with van der Waals surface area (Å²) in [5, 5.41) is 0. The number of rotatable bonds is 0. The van der Waals surface area contributed by atoms with Gasteiger partial charge in [-0.2, -0.15) is 0 Å². The second-order valence-electron chi connectivity index (χ2n) is 6.40. The van der Waals surface area contributed by atoms with Crippen LogP contribution in [-0.2, 0) is 14.3 Å². The van der Waals surface area contributed by atoms with Crippen molar-refractivity contribution < 1.29 is 14.3 Å². The van der Waals surface area contributed by atoms with Crippen molar-refractivity contribution >= 4 is 11.8 Å². The number of hydrogen-bond acceptors (Lipinski definition) is 3. The van der Waals surface area contributed by atoms with Crippen LogP contribution in [0, 0.1) is 29.1 Å². The molecule has 1 saturated heterocycles. The molecule has 98 valence electrons. The third-order valence-corrected chi connectivity index (χ3v) is 5.48. The standard InChI is InChI=1S/C15H20O3/c1-8-4-5-10-9(2)14(17)18-13(10)15(3)11(8)6-7-12(15)16/h6-11,13H,4-5H2,1-3H3/t8-,9?,10-,11?,13+,15-/m0/s1. The third-order valence-electron chi connectivity index (χ3n) is 5.48. The van der Waals surface area contributed by atoms with Crippen LogP contribution in [0.2, 0.25) is 0 Å². The first kappa shape index (κ1) is 11.9. The van der Waals surface area contributed by atoms with Gasteiger partial charge in [0.25, 0.3) is 0 Å². The zero-order chi connectivity index (χ0) is 13.1. The summed E-state index contributed by atoms with van der Waals surface area (Å²) in [5.74, 6) is 0.856. The number of ketones is 1. The molecule has 0 spiro atoms. The molecule has 1 aliphatic heterocycles. The molecule has 0 radical (unpaired) electrons. The molecule has 6 atom stereocenters. The zero-order valence-corrected chi connectivity index (χ0v) is 11.2. The van der Waals surface area contributed by atoms with Crippen molar-refractivity contribution in [3.63, 3.8) is 0 Å². The summed E-state index contributed by atoms with van der Waals surface area (Å²) in [7, 11) is 0. The SMILES string of the molecule is CC1C(=O)O[C@@H]2[C@H]1CC[C@H](C)C1C=CC(=O)[C@]12C. The Morgan fingerprint density at radius 2 is 2.00 bits per heavy atom. The first-order chi connectivity index (χ1) is 8.46. The van der Waals surface area contributed by atoms with Crippen LogP contribution in [0.3, 0.4) is 0 Å². The second kappa shape index (κ2) is 3.69. The smallest absolute Gasteiger partial charge is 0.309 e. The van der Waals surface area contributed by atoms with Crippen LogP contribution in [0.4, 0.5) is 0 Å². The van der Waals surface area contributed by atoms with Crippen molar-refractivity contribution in [2.24, 2.45) is 29.1 Å². The summed E-state index contributed by atoms with van der Waals surface area (Å²) >= 11 is 0. The minimum atomic E-state index is -0.527. The summed E-state index contributed by atoms with van der Waals surface area (Å²) in [4.78, 5) is 24.1. The molecule has 1 heterocycles. The maximum Gasteiger partial charge on any atom is 0.309 e. The van der Waals surface area contributed by atoms with E-state index in [1.807, 2.05) is 19.9 Å². The lowest BCUT2D eigenvalue weighted by Gasteiger charge is -2.36. The third kappa shape index (κ3) is 1.30. The van der Waals surface area contributed by atoms with E-state index in [1.165, 1.54) is 0 Å². The van der Waals surface area contributed by atoms with E-state index >= 15 is 0 Å². The highest BCUT2D eigenvalue weighted by molar-refractivity contribution is 5.98. The summed E-state index contributed by atoms with van der Waals surface area (Å²) in [6, 6.07) is 0. The molecule has 0 N–H and O–H groups in total. The molecule has 0 bridgehead atoms. The predicted molar refractivity (Wildman–Crippen MR) is 66.7 cm³/mol. The molecule has 3 rings (SSSR count). The van der Waals surface area contributed by atoms with E-state index in [1.54, 1.807) is 6.08 Å². The topological polar surface area (TPSA) is 43.4 Å². The number of carbonyl (C=O) groups excluding carboxylic acids is 2. The van der Waals surface area contributed by atoms with E-state index in [-0.39, 0.29) is 35.6 Å². The molecule has 2 fully saturated rings. The summed E-state index contributed by atoms with van der Waals surface area (Å²) in [6.07, 6.45) is 5.57. The molecule has 0 aromatic rings. The van der Waals surface area contributed by atoms with Crippen LogP contribution in [0.5, 0.6) is 0 Å². The van der Waals surface area contributed by atoms with Gasteiger partial charge >= 0.3 is 5.97 Å². The summed E-state index contributed by atoms with van der Waals surface area (Å²) in [6.45, 7) is 6.14. The van der Waals surface area contributed by atoms with Gasteiger partial charge in [-0.1, -0.05) is 19.9 Å². The fourth-order valence-corrected chi connectivity index (χ4v) is 4.21. The quantitative estimate of drug-likeness (QED) is 0.618. The van der Waals surface area contributed by atoms with Gasteiger partial charge in [-0.3, -0.25) is 9.59 Å². The molecule has 3 heteroatoms. The van der Waals surface area contributed by atoms with E-state index in [4.69, 9.17) is 4.74 Å². The average molecular weight is 248 g/mol. The van der Waals surface area contributed by atoms with Crippen molar-refractivity contribution in [2.75, 3.05) is 0 Å². The van der Waals surface area contributed by atoms with Gasteiger partial charge in [-0.25, -0.2) is 0 Å². The number of carbonyl (C=O) groups is 2. The van der Waals surface area contributed by atoms with Crippen LogP contribution >= 0.6 is 0 Å². The Morgan fingerprint density at radius 1 is 1.28 bits per heavy atom. The van der Waals surface area contributed by atoms with Crippen molar-refractivity contribution in [3.8, 4) is 0 Å². The fraction of sp³-hybridized carbons (Fsp3) is 0.733. The van der Waals surface area contributed by atoms with Gasteiger partial charge in [0.05, 0.1) is 11.3 Å². The van der Waals surface area contributed by atoms with Crippen LogP contribution in [-0.4, -0.2) is 17.9 Å². The van der Waals surface area contributed by atoms with Crippen LogP contribution in [0.1, 0.15) is 33.6 Å². The lowest BCUT2D eigenvalue weighted by Crippen LogP contribution is -2.45. The first-order valence-electron chi connectivity index (χ1n) is 6.89. The molecular formula is C15H20O3. The number of allylic oxidation sites excluding steroid dienone is 2.